The number of carboxylic acid groups (broad SMARTS) is 1. The third-order valence-electron chi connectivity index (χ3n) is 4.71. The normalized spacial score (nSPS) is 12.2. The van der Waals surface area contributed by atoms with Crippen LogP contribution in [0, 0.1) is 6.92 Å². The zero-order valence-corrected chi connectivity index (χ0v) is 19.5. The van der Waals surface area contributed by atoms with Crippen LogP contribution in [0.1, 0.15) is 34.1 Å². The molecule has 0 unspecified atom stereocenters. The molecule has 33 heavy (non-hydrogen) atoms. The number of nitrogens with one attached hydrogen (secondary N) is 1. The standard InChI is InChI=1S/C23H22ClFN2O5S/c1-14-10-19(27-33(30,31)22-4-3-9-26-20(22)11-15(2)25)21(12-18(14)24)32-13-16-5-7-17(8-6-16)23(28)29/h3-10,12,15,27H,11,13H2,1-2H3,(H,28,29)/t15-/m0/s1. The average Bonchev–Trinajstić information content (AvgIpc) is 2.75. The number of ether oxygens (including phenoxy) is 1. The Kier molecular flexibility index (Phi) is 7.55. The number of aryl methyl sites for hydroxylation is 1. The predicted octanol–water partition coefficient (Wildman–Crippen LogP) is 5.02. The number of pyridine rings is 1. The second-order valence-corrected chi connectivity index (χ2v) is 9.48. The SMILES string of the molecule is Cc1cc(NS(=O)(=O)c2cccnc2C[C@H](C)F)c(OCc2ccc(C(=O)O)cc2)cc1Cl. The van der Waals surface area contributed by atoms with Gasteiger partial charge in [0.15, 0.2) is 0 Å². The molecule has 3 aromatic rings. The van der Waals surface area contributed by atoms with Crippen molar-refractivity contribution in [1.29, 1.82) is 0 Å². The number of sulfonamides is 1. The fourth-order valence-corrected chi connectivity index (χ4v) is 4.47. The lowest BCUT2D eigenvalue weighted by Gasteiger charge is -2.17. The number of carboxylic acids is 1. The lowest BCUT2D eigenvalue weighted by Crippen LogP contribution is -2.18. The van der Waals surface area contributed by atoms with Crippen LogP contribution in [0.5, 0.6) is 5.75 Å². The van der Waals surface area contributed by atoms with E-state index in [0.717, 1.165) is 0 Å². The van der Waals surface area contributed by atoms with E-state index >= 15 is 0 Å². The number of aromatic nitrogens is 1. The summed E-state index contributed by atoms with van der Waals surface area (Å²) in [7, 11) is -4.11. The summed E-state index contributed by atoms with van der Waals surface area (Å²) >= 11 is 6.22. The first-order valence-corrected chi connectivity index (χ1v) is 11.8. The van der Waals surface area contributed by atoms with Crippen LogP contribution < -0.4 is 9.46 Å². The number of carbonyl (C=O) groups is 1. The van der Waals surface area contributed by atoms with Crippen LogP contribution in [0.25, 0.3) is 0 Å². The Morgan fingerprint density at radius 2 is 1.94 bits per heavy atom. The van der Waals surface area contributed by atoms with Gasteiger partial charge in [-0.15, -0.1) is 0 Å². The Hall–Kier alpha value is -3.17. The highest BCUT2D eigenvalue weighted by Crippen LogP contribution is 2.34. The van der Waals surface area contributed by atoms with E-state index in [1.807, 2.05) is 0 Å². The molecule has 0 aliphatic carbocycles. The van der Waals surface area contributed by atoms with Crippen molar-refractivity contribution in [2.75, 3.05) is 4.72 Å². The molecule has 0 aliphatic rings. The summed E-state index contributed by atoms with van der Waals surface area (Å²) in [6.07, 6.45) is -0.00205. The number of halogens is 2. The first-order valence-electron chi connectivity index (χ1n) is 9.93. The van der Waals surface area contributed by atoms with Crippen LogP contribution in [-0.4, -0.2) is 30.6 Å². The molecule has 0 saturated carbocycles. The van der Waals surface area contributed by atoms with E-state index in [1.54, 1.807) is 19.1 Å². The fourth-order valence-electron chi connectivity index (χ4n) is 3.05. The summed E-state index contributed by atoms with van der Waals surface area (Å²) in [5, 5.41) is 9.39. The second-order valence-electron chi connectivity index (χ2n) is 7.43. The largest absolute Gasteiger partial charge is 0.487 e. The summed E-state index contributed by atoms with van der Waals surface area (Å²) in [4.78, 5) is 14.9. The number of hydrogen-bond acceptors (Lipinski definition) is 5. The van der Waals surface area contributed by atoms with Crippen molar-refractivity contribution >= 4 is 33.3 Å². The van der Waals surface area contributed by atoms with Crippen LogP contribution in [0.4, 0.5) is 10.1 Å². The van der Waals surface area contributed by atoms with E-state index in [0.29, 0.717) is 16.1 Å². The minimum absolute atomic E-state index is 0.0471. The molecule has 7 nitrogen and oxygen atoms in total. The summed E-state index contributed by atoms with van der Waals surface area (Å²) in [5.74, 6) is -0.859. The molecule has 2 N–H and O–H groups in total. The lowest BCUT2D eigenvalue weighted by atomic mass is 10.1. The molecule has 0 aliphatic heterocycles. The highest BCUT2D eigenvalue weighted by molar-refractivity contribution is 7.92. The zero-order chi connectivity index (χ0) is 24.2. The highest BCUT2D eigenvalue weighted by Gasteiger charge is 2.23. The third kappa shape index (κ3) is 6.21. The van der Waals surface area contributed by atoms with E-state index in [9.17, 15) is 17.6 Å². The molecule has 0 amide bonds. The van der Waals surface area contributed by atoms with Gasteiger partial charge in [-0.05, 0) is 55.3 Å². The van der Waals surface area contributed by atoms with Crippen LogP contribution in [0.3, 0.4) is 0 Å². The minimum Gasteiger partial charge on any atom is -0.487 e. The maximum absolute atomic E-state index is 13.6. The van der Waals surface area contributed by atoms with Gasteiger partial charge in [-0.3, -0.25) is 9.71 Å². The Morgan fingerprint density at radius 3 is 2.58 bits per heavy atom. The van der Waals surface area contributed by atoms with Gasteiger partial charge >= 0.3 is 5.97 Å². The van der Waals surface area contributed by atoms with Gasteiger partial charge in [0.1, 0.15) is 23.4 Å². The molecule has 0 bridgehead atoms. The van der Waals surface area contributed by atoms with Crippen molar-refractivity contribution in [3.63, 3.8) is 0 Å². The molecule has 1 atom stereocenters. The summed E-state index contributed by atoms with van der Waals surface area (Å²) < 4.78 is 48.1. The number of aromatic carboxylic acids is 1. The van der Waals surface area contributed by atoms with Crippen molar-refractivity contribution in [3.8, 4) is 5.75 Å². The van der Waals surface area contributed by atoms with Gasteiger partial charge in [0.2, 0.25) is 0 Å². The molecule has 2 aromatic carbocycles. The van der Waals surface area contributed by atoms with Gasteiger partial charge in [-0.1, -0.05) is 23.7 Å². The Labute approximate surface area is 196 Å². The smallest absolute Gasteiger partial charge is 0.335 e. The van der Waals surface area contributed by atoms with Crippen molar-refractivity contribution in [1.82, 2.24) is 4.98 Å². The molecule has 10 heteroatoms. The van der Waals surface area contributed by atoms with Gasteiger partial charge in [0.05, 0.1) is 16.9 Å². The Bertz CT molecular complexity index is 1260. The number of rotatable bonds is 9. The number of anilines is 1. The van der Waals surface area contributed by atoms with Crippen molar-refractivity contribution in [3.05, 3.63) is 82.1 Å². The van der Waals surface area contributed by atoms with Crippen molar-refractivity contribution in [2.45, 2.75) is 37.9 Å². The fraction of sp³-hybridized carbons (Fsp3) is 0.217. The Morgan fingerprint density at radius 1 is 1.24 bits per heavy atom. The number of hydrogen-bond donors (Lipinski definition) is 2. The molecule has 3 rings (SSSR count). The highest BCUT2D eigenvalue weighted by atomic mass is 35.5. The molecule has 0 saturated heterocycles. The molecule has 1 heterocycles. The van der Waals surface area contributed by atoms with Gasteiger partial charge in [-0.25, -0.2) is 17.6 Å². The van der Waals surface area contributed by atoms with Crippen molar-refractivity contribution < 1.29 is 27.4 Å². The summed E-state index contributed by atoms with van der Waals surface area (Å²) in [5.41, 5.74) is 1.71. The minimum atomic E-state index is -4.11. The second kappa shape index (κ2) is 10.2. The van der Waals surface area contributed by atoms with E-state index in [-0.39, 0.29) is 40.6 Å². The average molecular weight is 493 g/mol. The number of nitrogens with zero attached hydrogens (tertiary/aromatic N) is 1. The number of alkyl halides is 1. The van der Waals surface area contributed by atoms with Gasteiger partial charge < -0.3 is 9.84 Å². The summed E-state index contributed by atoms with van der Waals surface area (Å²) in [6.45, 7) is 3.09. The summed E-state index contributed by atoms with van der Waals surface area (Å²) in [6, 6.07) is 12.0. The maximum Gasteiger partial charge on any atom is 0.335 e. The molecule has 0 radical (unpaired) electrons. The third-order valence-corrected chi connectivity index (χ3v) is 6.56. The van der Waals surface area contributed by atoms with Crippen molar-refractivity contribution in [2.24, 2.45) is 0 Å². The zero-order valence-electron chi connectivity index (χ0n) is 17.9. The quantitative estimate of drug-likeness (QED) is 0.434. The Balaban J connectivity index is 1.89. The van der Waals surface area contributed by atoms with E-state index in [1.165, 1.54) is 49.5 Å². The maximum atomic E-state index is 13.6. The first-order chi connectivity index (χ1) is 15.6. The van der Waals surface area contributed by atoms with Crippen LogP contribution in [0.2, 0.25) is 5.02 Å². The van der Waals surface area contributed by atoms with Crippen LogP contribution >= 0.6 is 11.6 Å². The van der Waals surface area contributed by atoms with Crippen LogP contribution in [-0.2, 0) is 23.1 Å². The lowest BCUT2D eigenvalue weighted by molar-refractivity contribution is 0.0696. The molecule has 0 spiro atoms. The molecular weight excluding hydrogens is 471 g/mol. The van der Waals surface area contributed by atoms with Gasteiger partial charge in [0.25, 0.3) is 10.0 Å². The molecule has 174 valence electrons. The van der Waals surface area contributed by atoms with Gasteiger partial charge in [0, 0.05) is 23.7 Å². The first kappa shape index (κ1) is 24.5. The van der Waals surface area contributed by atoms with E-state index < -0.39 is 22.2 Å². The number of benzene rings is 2. The van der Waals surface area contributed by atoms with Crippen LogP contribution in [0.15, 0.2) is 59.6 Å². The van der Waals surface area contributed by atoms with E-state index in [2.05, 4.69) is 9.71 Å². The van der Waals surface area contributed by atoms with Gasteiger partial charge in [-0.2, -0.15) is 0 Å². The molecule has 1 aromatic heterocycles. The predicted molar refractivity (Wildman–Crippen MR) is 123 cm³/mol. The monoisotopic (exact) mass is 492 g/mol. The topological polar surface area (TPSA) is 106 Å². The van der Waals surface area contributed by atoms with E-state index in [4.69, 9.17) is 21.4 Å². The molecular formula is C23H22ClFN2O5S. The molecule has 0 fully saturated rings.